The lowest BCUT2D eigenvalue weighted by Gasteiger charge is -2.31. The van der Waals surface area contributed by atoms with Crippen LogP contribution in [0.15, 0.2) is 85.4 Å². The van der Waals surface area contributed by atoms with Crippen molar-refractivity contribution < 1.29 is 0 Å². The Kier molecular flexibility index (Phi) is 3.93. The fourth-order valence-electron chi connectivity index (χ4n) is 5.50. The molecule has 5 aromatic heterocycles. The molecule has 10 heteroatoms. The molecule has 40 heavy (non-hydrogen) atoms. The van der Waals surface area contributed by atoms with Crippen molar-refractivity contribution in [2.45, 2.75) is 6.92 Å². The third-order valence-electron chi connectivity index (χ3n) is 7.33. The van der Waals surface area contributed by atoms with Gasteiger partial charge >= 0.3 is 0 Å². The van der Waals surface area contributed by atoms with Crippen LogP contribution in [0.1, 0.15) is 5.69 Å². The highest BCUT2D eigenvalue weighted by Gasteiger charge is 2.36. The summed E-state index contributed by atoms with van der Waals surface area (Å²) in [6, 6.07) is 25.7. The Balaban J connectivity index is 1.42. The van der Waals surface area contributed by atoms with Crippen molar-refractivity contribution >= 4 is 73.0 Å². The van der Waals surface area contributed by atoms with Crippen LogP contribution in [0, 0.1) is 6.92 Å². The van der Waals surface area contributed by atoms with E-state index in [1.54, 1.807) is 0 Å². The molecule has 6 heterocycles. The van der Waals surface area contributed by atoms with E-state index in [0.29, 0.717) is 40.5 Å². The summed E-state index contributed by atoms with van der Waals surface area (Å²) in [6.45, 7) is 6.46. The Morgan fingerprint density at radius 1 is 0.575 bits per heavy atom. The predicted molar refractivity (Wildman–Crippen MR) is 155 cm³/mol. The molecule has 0 bridgehead atoms. The summed E-state index contributed by atoms with van der Waals surface area (Å²) in [5.41, 5.74) is 7.21. The summed E-state index contributed by atoms with van der Waals surface area (Å²) in [5, 5.41) is 1.01. The average Bonchev–Trinajstić information content (AvgIpc) is 3.52. The van der Waals surface area contributed by atoms with Crippen molar-refractivity contribution in [2.24, 2.45) is 0 Å². The normalized spacial score (nSPS) is 13.1. The van der Waals surface area contributed by atoms with Gasteiger partial charge in [-0.25, -0.2) is 34.4 Å². The van der Waals surface area contributed by atoms with Crippen LogP contribution in [0.2, 0.25) is 0 Å². The van der Waals surface area contributed by atoms with E-state index >= 15 is 0 Å². The SMILES string of the molecule is C=C1N(c2nc3ccccc3nc2C)c2nc3nc4ccccc4nc3n2-c2nc3nc4ccccc4cc3n21. The van der Waals surface area contributed by atoms with Gasteiger partial charge in [0.05, 0.1) is 38.8 Å². The maximum atomic E-state index is 5.02. The topological polar surface area (TPSA) is 103 Å². The van der Waals surface area contributed by atoms with Gasteiger partial charge in [0.15, 0.2) is 22.8 Å². The maximum Gasteiger partial charge on any atom is 0.228 e. The van der Waals surface area contributed by atoms with Gasteiger partial charge < -0.3 is 0 Å². The zero-order valence-corrected chi connectivity index (χ0v) is 21.2. The summed E-state index contributed by atoms with van der Waals surface area (Å²) in [6.07, 6.45) is 0. The Morgan fingerprint density at radius 2 is 1.18 bits per heavy atom. The van der Waals surface area contributed by atoms with E-state index in [0.717, 1.165) is 44.2 Å². The number of pyridine rings is 1. The highest BCUT2D eigenvalue weighted by Crippen LogP contribution is 2.42. The number of nitrogens with zero attached hydrogens (tertiary/aromatic N) is 10. The third-order valence-corrected chi connectivity index (χ3v) is 7.33. The van der Waals surface area contributed by atoms with Gasteiger partial charge in [-0.2, -0.15) is 9.97 Å². The molecule has 0 saturated heterocycles. The first-order chi connectivity index (χ1) is 19.6. The molecule has 0 spiro atoms. The first-order valence-electron chi connectivity index (χ1n) is 12.8. The zero-order chi connectivity index (χ0) is 26.5. The molecule has 1 aliphatic rings. The fraction of sp³-hybridized carbons (Fsp3) is 0.0333. The van der Waals surface area contributed by atoms with E-state index in [1.807, 2.05) is 93.8 Å². The molecule has 0 saturated carbocycles. The van der Waals surface area contributed by atoms with Gasteiger partial charge in [0.25, 0.3) is 0 Å². The Labute approximate surface area is 225 Å². The number of fused-ring (bicyclic) bond motifs is 10. The van der Waals surface area contributed by atoms with Gasteiger partial charge in [0, 0.05) is 5.39 Å². The smallest absolute Gasteiger partial charge is 0.228 e. The minimum absolute atomic E-state index is 0.497. The number of rotatable bonds is 1. The molecule has 1 aliphatic heterocycles. The van der Waals surface area contributed by atoms with Crippen LogP contribution >= 0.6 is 0 Å². The molecule has 0 unspecified atom stereocenters. The lowest BCUT2D eigenvalue weighted by atomic mass is 10.2. The van der Waals surface area contributed by atoms with Crippen LogP contribution < -0.4 is 4.90 Å². The second-order valence-electron chi connectivity index (χ2n) is 9.75. The Morgan fingerprint density at radius 3 is 1.95 bits per heavy atom. The molecule has 10 nitrogen and oxygen atoms in total. The fourth-order valence-corrected chi connectivity index (χ4v) is 5.50. The molecular weight excluding hydrogens is 500 g/mol. The van der Waals surface area contributed by atoms with Crippen LogP contribution in [0.4, 0.5) is 11.8 Å². The largest absolute Gasteiger partial charge is 0.261 e. The number of aromatic nitrogens is 9. The maximum absolute atomic E-state index is 5.02. The van der Waals surface area contributed by atoms with Crippen LogP contribution in [0.25, 0.3) is 67.2 Å². The standard InChI is InChI=1S/C30H18N10/c1-16-27(34-22-13-7-5-11-20(22)31-16)39-17(2)38-24-15-18-9-3-4-10-19(18)32-25(24)36-29(38)40-28-26(37-30(39)40)33-21-12-6-8-14-23(21)35-28/h3-15H,2H2,1H3. The third kappa shape index (κ3) is 2.73. The summed E-state index contributed by atoms with van der Waals surface area (Å²) >= 11 is 0. The predicted octanol–water partition coefficient (Wildman–Crippen LogP) is 5.70. The molecule has 0 fully saturated rings. The van der Waals surface area contributed by atoms with Gasteiger partial charge in [-0.3, -0.25) is 4.57 Å². The molecule has 0 amide bonds. The van der Waals surface area contributed by atoms with Crippen molar-refractivity contribution in [3.8, 4) is 5.95 Å². The molecule has 0 aliphatic carbocycles. The van der Waals surface area contributed by atoms with Gasteiger partial charge in [0.1, 0.15) is 5.82 Å². The quantitative estimate of drug-likeness (QED) is 0.273. The lowest BCUT2D eigenvalue weighted by Crippen LogP contribution is -2.30. The average molecular weight is 519 g/mol. The van der Waals surface area contributed by atoms with Crippen molar-refractivity contribution in [1.82, 2.24) is 44.0 Å². The van der Waals surface area contributed by atoms with Gasteiger partial charge in [0.2, 0.25) is 11.9 Å². The Hall–Kier alpha value is -5.77. The molecule has 188 valence electrons. The van der Waals surface area contributed by atoms with Crippen molar-refractivity contribution in [2.75, 3.05) is 4.90 Å². The van der Waals surface area contributed by atoms with Crippen LogP contribution in [0.5, 0.6) is 0 Å². The van der Waals surface area contributed by atoms with Crippen LogP contribution in [0.3, 0.4) is 0 Å². The number of aryl methyl sites for hydroxylation is 1. The van der Waals surface area contributed by atoms with Crippen molar-refractivity contribution in [1.29, 1.82) is 0 Å². The van der Waals surface area contributed by atoms with E-state index in [9.17, 15) is 0 Å². The van der Waals surface area contributed by atoms with Gasteiger partial charge in [-0.15, -0.1) is 0 Å². The molecule has 3 aromatic carbocycles. The van der Waals surface area contributed by atoms with E-state index in [1.165, 1.54) is 0 Å². The highest BCUT2D eigenvalue weighted by molar-refractivity contribution is 5.97. The zero-order valence-electron chi connectivity index (χ0n) is 21.2. The molecule has 0 N–H and O–H groups in total. The first-order valence-corrected chi connectivity index (χ1v) is 12.8. The summed E-state index contributed by atoms with van der Waals surface area (Å²) in [5.74, 6) is 2.35. The number of hydrogen-bond acceptors (Lipinski definition) is 8. The van der Waals surface area contributed by atoms with E-state index in [4.69, 9.17) is 34.9 Å². The van der Waals surface area contributed by atoms with Gasteiger partial charge in [-0.05, 0) is 43.3 Å². The number of para-hydroxylation sites is 5. The molecule has 0 radical (unpaired) electrons. The Bertz CT molecular complexity index is 2380. The number of imidazole rings is 2. The van der Waals surface area contributed by atoms with Crippen LogP contribution in [-0.2, 0) is 0 Å². The van der Waals surface area contributed by atoms with Gasteiger partial charge in [-0.1, -0.05) is 49.0 Å². The van der Waals surface area contributed by atoms with Crippen LogP contribution in [-0.4, -0.2) is 44.0 Å². The molecule has 0 atom stereocenters. The monoisotopic (exact) mass is 518 g/mol. The lowest BCUT2D eigenvalue weighted by molar-refractivity contribution is 0.844. The summed E-state index contributed by atoms with van der Waals surface area (Å²) < 4.78 is 3.89. The van der Waals surface area contributed by atoms with E-state index in [2.05, 4.69) is 12.6 Å². The van der Waals surface area contributed by atoms with Crippen molar-refractivity contribution in [3.05, 3.63) is 91.1 Å². The highest BCUT2D eigenvalue weighted by atomic mass is 15.5. The minimum atomic E-state index is 0.497. The number of anilines is 2. The van der Waals surface area contributed by atoms with Crippen molar-refractivity contribution in [3.63, 3.8) is 0 Å². The van der Waals surface area contributed by atoms with E-state index < -0.39 is 0 Å². The molecule has 8 aromatic rings. The second-order valence-corrected chi connectivity index (χ2v) is 9.75. The molecule has 9 rings (SSSR count). The second kappa shape index (κ2) is 7.41. The summed E-state index contributed by atoms with van der Waals surface area (Å²) in [7, 11) is 0. The van der Waals surface area contributed by atoms with E-state index in [-0.39, 0.29) is 0 Å². The number of hydrogen-bond donors (Lipinski definition) is 0. The minimum Gasteiger partial charge on any atom is -0.261 e. The number of benzene rings is 3. The molecular formula is C30H18N10. The first kappa shape index (κ1) is 21.2. The summed E-state index contributed by atoms with van der Waals surface area (Å²) in [4.78, 5) is 36.4.